The number of methoxy groups -OCH3 is 1. The van der Waals surface area contributed by atoms with Crippen LogP contribution in [0.4, 0.5) is 5.69 Å². The van der Waals surface area contributed by atoms with Gasteiger partial charge in [-0.3, -0.25) is 4.79 Å². The largest absolute Gasteiger partial charge is 0.497 e. The number of anilines is 1. The van der Waals surface area contributed by atoms with Gasteiger partial charge in [0, 0.05) is 42.7 Å². The molecule has 0 radical (unpaired) electrons. The summed E-state index contributed by atoms with van der Waals surface area (Å²) >= 11 is 0. The van der Waals surface area contributed by atoms with Crippen LogP contribution < -0.4 is 10.1 Å². The average Bonchev–Trinajstić information content (AvgIpc) is 3.34. The zero-order chi connectivity index (χ0) is 23.4. The first-order valence-electron chi connectivity index (χ1n) is 10.8. The molecule has 1 aliphatic rings. The monoisotopic (exact) mass is 470 g/mol. The number of carbonyl (C=O) groups is 1. The third kappa shape index (κ3) is 5.07. The van der Waals surface area contributed by atoms with Gasteiger partial charge < -0.3 is 14.6 Å². The number of ether oxygens (including phenoxy) is 1. The van der Waals surface area contributed by atoms with E-state index in [1.165, 1.54) is 4.31 Å². The Hall–Kier alpha value is -3.24. The van der Waals surface area contributed by atoms with Crippen molar-refractivity contribution in [3.8, 4) is 17.1 Å². The number of nitrogens with zero attached hydrogens (tertiary/aromatic N) is 3. The molecule has 1 amide bonds. The number of benzene rings is 2. The van der Waals surface area contributed by atoms with Gasteiger partial charge in [0.05, 0.1) is 12.0 Å². The van der Waals surface area contributed by atoms with Gasteiger partial charge in [-0.1, -0.05) is 18.1 Å². The Labute approximate surface area is 192 Å². The fraction of sp³-hybridized carbons (Fsp3) is 0.348. The lowest BCUT2D eigenvalue weighted by Gasteiger charge is -2.30. The zero-order valence-electron chi connectivity index (χ0n) is 18.5. The van der Waals surface area contributed by atoms with Crippen molar-refractivity contribution in [2.75, 3.05) is 25.5 Å². The van der Waals surface area contributed by atoms with E-state index in [4.69, 9.17) is 9.26 Å². The Morgan fingerprint density at radius 2 is 1.91 bits per heavy atom. The molecular formula is C23H26N4O5S. The average molecular weight is 471 g/mol. The van der Waals surface area contributed by atoms with Gasteiger partial charge in [0.25, 0.3) is 0 Å². The number of amides is 1. The van der Waals surface area contributed by atoms with E-state index in [1.807, 2.05) is 6.92 Å². The molecule has 1 N–H and O–H groups in total. The van der Waals surface area contributed by atoms with Gasteiger partial charge in [0.2, 0.25) is 27.6 Å². The van der Waals surface area contributed by atoms with Gasteiger partial charge in [-0.05, 0) is 49.2 Å². The Balaban J connectivity index is 1.37. The summed E-state index contributed by atoms with van der Waals surface area (Å²) < 4.78 is 37.9. The quantitative estimate of drug-likeness (QED) is 0.563. The maximum Gasteiger partial charge on any atom is 0.243 e. The number of hydrogen-bond acceptors (Lipinski definition) is 7. The molecule has 0 unspecified atom stereocenters. The van der Waals surface area contributed by atoms with Crippen LogP contribution in [0.5, 0.6) is 5.75 Å². The molecular weight excluding hydrogens is 444 g/mol. The van der Waals surface area contributed by atoms with E-state index >= 15 is 0 Å². The molecule has 2 aromatic carbocycles. The lowest BCUT2D eigenvalue weighted by molar-refractivity contribution is -0.120. The number of carbonyl (C=O) groups excluding carboxylic acids is 1. The Bertz CT molecular complexity index is 1220. The van der Waals surface area contributed by atoms with Crippen molar-refractivity contribution < 1.29 is 22.5 Å². The summed E-state index contributed by atoms with van der Waals surface area (Å²) in [6.07, 6.45) is 1.54. The highest BCUT2D eigenvalue weighted by atomic mass is 32.2. The standard InChI is InChI=1S/C23H26N4O5S/c1-3-21-25-22(26-32-21)16-7-9-20(10-8-16)33(29,30)27-13-11-17(12-14-27)23(28)24-18-5-4-6-19(15-18)31-2/h4-10,15,17H,3,11-14H2,1-2H3,(H,24,28). The molecule has 4 rings (SSSR count). The van der Waals surface area contributed by atoms with E-state index < -0.39 is 10.0 Å². The molecule has 1 aromatic heterocycles. The molecule has 1 fully saturated rings. The molecule has 0 aliphatic carbocycles. The number of hydrogen-bond donors (Lipinski definition) is 1. The zero-order valence-corrected chi connectivity index (χ0v) is 19.3. The number of sulfonamides is 1. The third-order valence-corrected chi connectivity index (χ3v) is 7.60. The first kappa shape index (κ1) is 22.9. The number of piperidine rings is 1. The van der Waals surface area contributed by atoms with Crippen molar-refractivity contribution in [3.63, 3.8) is 0 Å². The Kier molecular flexibility index (Phi) is 6.75. The van der Waals surface area contributed by atoms with Crippen LogP contribution in [0.25, 0.3) is 11.4 Å². The van der Waals surface area contributed by atoms with E-state index in [-0.39, 0.29) is 29.8 Å². The lowest BCUT2D eigenvalue weighted by atomic mass is 9.97. The Morgan fingerprint density at radius 1 is 1.18 bits per heavy atom. The van der Waals surface area contributed by atoms with Crippen LogP contribution in [0.2, 0.25) is 0 Å². The second-order valence-electron chi connectivity index (χ2n) is 7.79. The summed E-state index contributed by atoms with van der Waals surface area (Å²) in [6, 6.07) is 13.6. The second kappa shape index (κ2) is 9.72. The fourth-order valence-corrected chi connectivity index (χ4v) is 5.21. The highest BCUT2D eigenvalue weighted by Crippen LogP contribution is 2.27. The van der Waals surface area contributed by atoms with Gasteiger partial charge in [0.15, 0.2) is 0 Å². The molecule has 174 valence electrons. The van der Waals surface area contributed by atoms with Crippen LogP contribution in [0, 0.1) is 5.92 Å². The van der Waals surface area contributed by atoms with Crippen molar-refractivity contribution in [1.29, 1.82) is 0 Å². The van der Waals surface area contributed by atoms with Crippen LogP contribution in [-0.2, 0) is 21.2 Å². The van der Waals surface area contributed by atoms with Crippen LogP contribution in [0.1, 0.15) is 25.7 Å². The first-order chi connectivity index (χ1) is 15.9. The van der Waals surface area contributed by atoms with Crippen molar-refractivity contribution >= 4 is 21.6 Å². The van der Waals surface area contributed by atoms with Crippen molar-refractivity contribution in [3.05, 3.63) is 54.4 Å². The summed E-state index contributed by atoms with van der Waals surface area (Å²) in [5.41, 5.74) is 1.34. The van der Waals surface area contributed by atoms with Gasteiger partial charge in [-0.25, -0.2) is 8.42 Å². The molecule has 2 heterocycles. The predicted molar refractivity (Wildman–Crippen MR) is 122 cm³/mol. The number of nitrogens with one attached hydrogen (secondary N) is 1. The van der Waals surface area contributed by atoms with E-state index in [0.29, 0.717) is 48.0 Å². The highest BCUT2D eigenvalue weighted by Gasteiger charge is 2.32. The van der Waals surface area contributed by atoms with Gasteiger partial charge in [-0.2, -0.15) is 9.29 Å². The van der Waals surface area contributed by atoms with E-state index in [2.05, 4.69) is 15.5 Å². The van der Waals surface area contributed by atoms with Crippen LogP contribution in [-0.4, -0.2) is 49.0 Å². The van der Waals surface area contributed by atoms with Crippen LogP contribution >= 0.6 is 0 Å². The second-order valence-corrected chi connectivity index (χ2v) is 9.73. The summed E-state index contributed by atoms with van der Waals surface area (Å²) in [5.74, 6) is 1.25. The van der Waals surface area contributed by atoms with Crippen LogP contribution in [0.3, 0.4) is 0 Å². The molecule has 10 heteroatoms. The van der Waals surface area contributed by atoms with Crippen LogP contribution in [0.15, 0.2) is 57.9 Å². The van der Waals surface area contributed by atoms with Gasteiger partial charge >= 0.3 is 0 Å². The highest BCUT2D eigenvalue weighted by molar-refractivity contribution is 7.89. The van der Waals surface area contributed by atoms with Crippen molar-refractivity contribution in [2.24, 2.45) is 5.92 Å². The fourth-order valence-electron chi connectivity index (χ4n) is 3.74. The number of aryl methyl sites for hydroxylation is 1. The van der Waals surface area contributed by atoms with Crippen molar-refractivity contribution in [2.45, 2.75) is 31.1 Å². The summed E-state index contributed by atoms with van der Waals surface area (Å²) in [7, 11) is -2.09. The summed E-state index contributed by atoms with van der Waals surface area (Å²) in [4.78, 5) is 17.1. The minimum Gasteiger partial charge on any atom is -0.497 e. The minimum atomic E-state index is -3.66. The molecule has 0 atom stereocenters. The molecule has 33 heavy (non-hydrogen) atoms. The maximum absolute atomic E-state index is 13.1. The predicted octanol–water partition coefficient (Wildman–Crippen LogP) is 3.35. The van der Waals surface area contributed by atoms with Gasteiger partial charge in [-0.15, -0.1) is 0 Å². The lowest BCUT2D eigenvalue weighted by Crippen LogP contribution is -2.41. The molecule has 3 aromatic rings. The van der Waals surface area contributed by atoms with Crippen molar-refractivity contribution in [1.82, 2.24) is 14.4 Å². The third-order valence-electron chi connectivity index (χ3n) is 5.68. The summed E-state index contributed by atoms with van der Waals surface area (Å²) in [5, 5.41) is 6.81. The van der Waals surface area contributed by atoms with E-state index in [1.54, 1.807) is 55.6 Å². The molecule has 0 spiro atoms. The topological polar surface area (TPSA) is 115 Å². The summed E-state index contributed by atoms with van der Waals surface area (Å²) in [6.45, 7) is 2.48. The maximum atomic E-state index is 13.1. The molecule has 0 saturated carbocycles. The Morgan fingerprint density at radius 3 is 2.55 bits per heavy atom. The molecule has 1 saturated heterocycles. The smallest absolute Gasteiger partial charge is 0.243 e. The van der Waals surface area contributed by atoms with Gasteiger partial charge in [0.1, 0.15) is 5.75 Å². The SMILES string of the molecule is CCc1nc(-c2ccc(S(=O)(=O)N3CCC(C(=O)Nc4cccc(OC)c4)CC3)cc2)no1. The van der Waals surface area contributed by atoms with E-state index in [9.17, 15) is 13.2 Å². The normalized spacial score (nSPS) is 15.3. The molecule has 9 nitrogen and oxygen atoms in total. The molecule has 0 bridgehead atoms. The number of rotatable bonds is 7. The molecule has 1 aliphatic heterocycles. The number of aromatic nitrogens is 2. The van der Waals surface area contributed by atoms with E-state index in [0.717, 1.165) is 0 Å². The minimum absolute atomic E-state index is 0.115. The first-order valence-corrected chi connectivity index (χ1v) is 12.2.